The van der Waals surface area contributed by atoms with E-state index in [1.54, 1.807) is 6.92 Å². The lowest BCUT2D eigenvalue weighted by molar-refractivity contribution is -0.136. The zero-order valence-corrected chi connectivity index (χ0v) is 10.0. The van der Waals surface area contributed by atoms with Gasteiger partial charge in [0.15, 0.2) is 0 Å². The molecule has 0 bridgehead atoms. The lowest BCUT2D eigenvalue weighted by Crippen LogP contribution is -2.27. The number of esters is 1. The van der Waals surface area contributed by atoms with E-state index in [2.05, 4.69) is 10.1 Å². The van der Waals surface area contributed by atoms with Gasteiger partial charge in [-0.1, -0.05) is 6.08 Å². The Morgan fingerprint density at radius 1 is 1.53 bits per heavy atom. The van der Waals surface area contributed by atoms with Crippen LogP contribution in [0.5, 0.6) is 0 Å². The Morgan fingerprint density at radius 2 is 2.20 bits per heavy atom. The van der Waals surface area contributed by atoms with Gasteiger partial charge in [0.1, 0.15) is 0 Å². The van der Waals surface area contributed by atoms with Crippen molar-refractivity contribution < 1.29 is 14.3 Å². The normalized spacial score (nSPS) is 13.7. The number of methoxy groups -OCH3 is 1. The van der Waals surface area contributed by atoms with Gasteiger partial charge in [0.05, 0.1) is 13.2 Å². The molecule has 0 aliphatic heterocycles. The second-order valence-corrected chi connectivity index (χ2v) is 3.30. The van der Waals surface area contributed by atoms with Crippen LogP contribution in [0.3, 0.4) is 0 Å². The standard InChI is InChI=1S/C11H21NO3/c1-5-15-10(3)8-12-7-6-9(2)11(13)14-4/h6,10,12H,5,7-8H2,1-4H3/b9-6-. The van der Waals surface area contributed by atoms with Crippen molar-refractivity contribution >= 4 is 5.97 Å². The van der Waals surface area contributed by atoms with Crippen LogP contribution in [0.25, 0.3) is 0 Å². The highest BCUT2D eigenvalue weighted by Gasteiger charge is 2.02. The van der Waals surface area contributed by atoms with Gasteiger partial charge >= 0.3 is 5.97 Å². The van der Waals surface area contributed by atoms with Gasteiger partial charge in [0.25, 0.3) is 0 Å². The summed E-state index contributed by atoms with van der Waals surface area (Å²) >= 11 is 0. The number of rotatable bonds is 7. The zero-order valence-electron chi connectivity index (χ0n) is 10.0. The van der Waals surface area contributed by atoms with E-state index in [4.69, 9.17) is 4.74 Å². The van der Waals surface area contributed by atoms with Crippen LogP contribution in [0.4, 0.5) is 0 Å². The molecule has 0 aliphatic rings. The Labute approximate surface area is 91.6 Å². The highest BCUT2D eigenvalue weighted by atomic mass is 16.5. The van der Waals surface area contributed by atoms with Crippen molar-refractivity contribution in [1.82, 2.24) is 5.32 Å². The van der Waals surface area contributed by atoms with Gasteiger partial charge in [-0.15, -0.1) is 0 Å². The molecule has 1 N–H and O–H groups in total. The summed E-state index contributed by atoms with van der Waals surface area (Å²) in [6.07, 6.45) is 2.01. The summed E-state index contributed by atoms with van der Waals surface area (Å²) in [7, 11) is 1.38. The molecule has 4 heteroatoms. The quantitative estimate of drug-likeness (QED) is 0.393. The van der Waals surface area contributed by atoms with Crippen molar-refractivity contribution in [2.45, 2.75) is 26.9 Å². The second-order valence-electron chi connectivity index (χ2n) is 3.30. The van der Waals surface area contributed by atoms with E-state index in [-0.39, 0.29) is 12.1 Å². The molecule has 0 saturated heterocycles. The maximum absolute atomic E-state index is 11.0. The van der Waals surface area contributed by atoms with Gasteiger partial charge < -0.3 is 14.8 Å². The molecule has 88 valence electrons. The molecular weight excluding hydrogens is 194 g/mol. The first kappa shape index (κ1) is 14.1. The third-order valence-electron chi connectivity index (χ3n) is 1.94. The molecule has 0 saturated carbocycles. The summed E-state index contributed by atoms with van der Waals surface area (Å²) in [5.74, 6) is -0.283. The average Bonchev–Trinajstić information content (AvgIpc) is 2.23. The molecule has 0 heterocycles. The van der Waals surface area contributed by atoms with Crippen molar-refractivity contribution in [1.29, 1.82) is 0 Å². The minimum absolute atomic E-state index is 0.196. The third kappa shape index (κ3) is 7.11. The summed E-state index contributed by atoms with van der Waals surface area (Å²) < 4.78 is 9.91. The third-order valence-corrected chi connectivity index (χ3v) is 1.94. The van der Waals surface area contributed by atoms with Crippen LogP contribution in [0.1, 0.15) is 20.8 Å². The first-order valence-corrected chi connectivity index (χ1v) is 5.19. The number of ether oxygens (including phenoxy) is 2. The van der Waals surface area contributed by atoms with Crippen LogP contribution >= 0.6 is 0 Å². The molecule has 0 aromatic carbocycles. The average molecular weight is 215 g/mol. The monoisotopic (exact) mass is 215 g/mol. The van der Waals surface area contributed by atoms with Crippen LogP contribution in [-0.2, 0) is 14.3 Å². The van der Waals surface area contributed by atoms with Gasteiger partial charge in [-0.25, -0.2) is 4.79 Å². The molecular formula is C11H21NO3. The lowest BCUT2D eigenvalue weighted by atomic mass is 10.3. The molecule has 0 aromatic rings. The van der Waals surface area contributed by atoms with Crippen LogP contribution in [0.15, 0.2) is 11.6 Å². The maximum Gasteiger partial charge on any atom is 0.333 e. The number of hydrogen-bond acceptors (Lipinski definition) is 4. The van der Waals surface area contributed by atoms with Gasteiger partial charge in [-0.05, 0) is 20.8 Å². The molecule has 0 rings (SSSR count). The molecule has 0 aromatic heterocycles. The Balaban J connectivity index is 3.64. The van der Waals surface area contributed by atoms with E-state index >= 15 is 0 Å². The van der Waals surface area contributed by atoms with Crippen LogP contribution in [0, 0.1) is 0 Å². The van der Waals surface area contributed by atoms with E-state index in [9.17, 15) is 4.79 Å². The Bertz CT molecular complexity index is 214. The Kier molecular flexibility index (Phi) is 7.95. The zero-order chi connectivity index (χ0) is 11.7. The molecule has 1 unspecified atom stereocenters. The van der Waals surface area contributed by atoms with Crippen LogP contribution in [0.2, 0.25) is 0 Å². The Hall–Kier alpha value is -0.870. The highest BCUT2D eigenvalue weighted by Crippen LogP contribution is 1.94. The SMILES string of the molecule is CCOC(C)CNC/C=C(/C)C(=O)OC. The fraction of sp³-hybridized carbons (Fsp3) is 0.727. The molecule has 0 amide bonds. The summed E-state index contributed by atoms with van der Waals surface area (Å²) in [6.45, 7) is 7.86. The molecule has 1 atom stereocenters. The first-order chi connectivity index (χ1) is 7.11. The first-order valence-electron chi connectivity index (χ1n) is 5.19. The number of hydrogen-bond donors (Lipinski definition) is 1. The molecule has 0 fully saturated rings. The summed E-state index contributed by atoms with van der Waals surface area (Å²) in [4.78, 5) is 11.0. The smallest absolute Gasteiger partial charge is 0.333 e. The van der Waals surface area contributed by atoms with E-state index in [1.807, 2.05) is 19.9 Å². The van der Waals surface area contributed by atoms with Crippen molar-refractivity contribution in [3.63, 3.8) is 0 Å². The number of carbonyl (C=O) groups excluding carboxylic acids is 1. The molecule has 0 radical (unpaired) electrons. The molecule has 0 aliphatic carbocycles. The summed E-state index contributed by atoms with van der Waals surface area (Å²) in [5, 5.41) is 3.17. The van der Waals surface area contributed by atoms with E-state index in [0.717, 1.165) is 13.2 Å². The number of carbonyl (C=O) groups is 1. The lowest BCUT2D eigenvalue weighted by Gasteiger charge is -2.11. The summed E-state index contributed by atoms with van der Waals surface area (Å²) in [6, 6.07) is 0. The summed E-state index contributed by atoms with van der Waals surface area (Å²) in [5.41, 5.74) is 0.620. The van der Waals surface area contributed by atoms with Gasteiger partial charge in [0, 0.05) is 25.3 Å². The topological polar surface area (TPSA) is 47.6 Å². The van der Waals surface area contributed by atoms with Crippen LogP contribution < -0.4 is 5.32 Å². The minimum Gasteiger partial charge on any atom is -0.466 e. The van der Waals surface area contributed by atoms with E-state index in [1.165, 1.54) is 7.11 Å². The van der Waals surface area contributed by atoms with Gasteiger partial charge in [-0.3, -0.25) is 0 Å². The Morgan fingerprint density at radius 3 is 2.73 bits per heavy atom. The van der Waals surface area contributed by atoms with Gasteiger partial charge in [-0.2, -0.15) is 0 Å². The van der Waals surface area contributed by atoms with Crippen molar-refractivity contribution in [3.8, 4) is 0 Å². The van der Waals surface area contributed by atoms with E-state index in [0.29, 0.717) is 12.1 Å². The molecule has 0 spiro atoms. The number of nitrogens with one attached hydrogen (secondary N) is 1. The van der Waals surface area contributed by atoms with Crippen molar-refractivity contribution in [2.24, 2.45) is 0 Å². The highest BCUT2D eigenvalue weighted by molar-refractivity contribution is 5.87. The fourth-order valence-electron chi connectivity index (χ4n) is 1.10. The molecule has 4 nitrogen and oxygen atoms in total. The van der Waals surface area contributed by atoms with Crippen LogP contribution in [-0.4, -0.2) is 38.9 Å². The van der Waals surface area contributed by atoms with Crippen molar-refractivity contribution in [3.05, 3.63) is 11.6 Å². The predicted molar refractivity (Wildman–Crippen MR) is 59.7 cm³/mol. The van der Waals surface area contributed by atoms with E-state index < -0.39 is 0 Å². The van der Waals surface area contributed by atoms with Gasteiger partial charge in [0.2, 0.25) is 0 Å². The largest absolute Gasteiger partial charge is 0.466 e. The predicted octanol–water partition coefficient (Wildman–Crippen LogP) is 1.12. The fourth-order valence-corrected chi connectivity index (χ4v) is 1.10. The maximum atomic E-state index is 11.0. The minimum atomic E-state index is -0.283. The molecule has 15 heavy (non-hydrogen) atoms. The second kappa shape index (κ2) is 8.44. The van der Waals surface area contributed by atoms with Crippen molar-refractivity contribution in [2.75, 3.05) is 26.8 Å².